The van der Waals surface area contributed by atoms with E-state index in [0.717, 1.165) is 32.5 Å². The lowest BCUT2D eigenvalue weighted by atomic mass is 9.93. The van der Waals surface area contributed by atoms with Crippen molar-refractivity contribution in [2.75, 3.05) is 32.1 Å². The predicted octanol–water partition coefficient (Wildman–Crippen LogP) is 2.44. The van der Waals surface area contributed by atoms with E-state index in [4.69, 9.17) is 5.11 Å². The molecule has 0 aromatic heterocycles. The number of likely N-dealkylation sites (tertiary alicyclic amines) is 1. The smallest absolute Gasteiger partial charge is 0.303 e. The number of nitrogens with zero attached hydrogens (tertiary/aromatic N) is 2. The van der Waals surface area contributed by atoms with Gasteiger partial charge in [-0.15, -0.1) is 0 Å². The van der Waals surface area contributed by atoms with Gasteiger partial charge in [-0.05, 0) is 49.5 Å². The molecule has 1 aliphatic rings. The monoisotopic (exact) mass is 276 g/mol. The van der Waals surface area contributed by atoms with Gasteiger partial charge < -0.3 is 10.0 Å². The van der Waals surface area contributed by atoms with E-state index in [0.29, 0.717) is 12.3 Å². The lowest BCUT2D eigenvalue weighted by Crippen LogP contribution is -2.33. The van der Waals surface area contributed by atoms with Crippen LogP contribution >= 0.6 is 0 Å². The Bertz CT molecular complexity index is 434. The molecule has 110 valence electrons. The highest BCUT2D eigenvalue weighted by atomic mass is 16.4. The van der Waals surface area contributed by atoms with Gasteiger partial charge in [0.15, 0.2) is 0 Å². The maximum atomic E-state index is 10.7. The van der Waals surface area contributed by atoms with Crippen molar-refractivity contribution in [3.05, 3.63) is 29.8 Å². The number of carboxylic acids is 1. The van der Waals surface area contributed by atoms with Crippen LogP contribution in [-0.4, -0.2) is 43.2 Å². The summed E-state index contributed by atoms with van der Waals surface area (Å²) in [5.74, 6) is -0.303. The third-order valence-electron chi connectivity index (χ3n) is 4.03. The van der Waals surface area contributed by atoms with Crippen molar-refractivity contribution in [2.24, 2.45) is 5.92 Å². The summed E-state index contributed by atoms with van der Waals surface area (Å²) in [6.45, 7) is 2.98. The van der Waals surface area contributed by atoms with Gasteiger partial charge in [-0.1, -0.05) is 12.1 Å². The Morgan fingerprint density at radius 3 is 2.35 bits per heavy atom. The molecule has 1 heterocycles. The van der Waals surface area contributed by atoms with Crippen LogP contribution in [0.15, 0.2) is 24.3 Å². The molecular formula is C16H24N2O2. The zero-order valence-electron chi connectivity index (χ0n) is 12.4. The lowest BCUT2D eigenvalue weighted by Gasteiger charge is -2.31. The molecule has 1 saturated heterocycles. The van der Waals surface area contributed by atoms with Gasteiger partial charge in [-0.2, -0.15) is 0 Å². The number of rotatable bonds is 5. The summed E-state index contributed by atoms with van der Waals surface area (Å²) in [6.07, 6.45) is 2.33. The maximum Gasteiger partial charge on any atom is 0.303 e. The molecule has 4 nitrogen and oxygen atoms in total. The molecule has 0 bridgehead atoms. The van der Waals surface area contributed by atoms with Crippen LogP contribution in [0.25, 0.3) is 0 Å². The second kappa shape index (κ2) is 6.75. The summed E-state index contributed by atoms with van der Waals surface area (Å²) in [5.41, 5.74) is 2.54. The molecule has 0 aliphatic carbocycles. The zero-order valence-corrected chi connectivity index (χ0v) is 12.4. The number of aliphatic carboxylic acids is 1. The van der Waals surface area contributed by atoms with Crippen LogP contribution in [0.2, 0.25) is 0 Å². The van der Waals surface area contributed by atoms with Gasteiger partial charge in [-0.25, -0.2) is 0 Å². The molecule has 0 spiro atoms. The minimum Gasteiger partial charge on any atom is -0.481 e. The fraction of sp³-hybridized carbons (Fsp3) is 0.562. The molecule has 20 heavy (non-hydrogen) atoms. The van der Waals surface area contributed by atoms with E-state index in [1.165, 1.54) is 11.3 Å². The van der Waals surface area contributed by atoms with Gasteiger partial charge in [0.2, 0.25) is 0 Å². The molecule has 0 saturated carbocycles. The lowest BCUT2D eigenvalue weighted by molar-refractivity contribution is -0.138. The summed E-state index contributed by atoms with van der Waals surface area (Å²) in [6, 6.07) is 8.65. The SMILES string of the molecule is CN(C)c1ccc(CN2CCC(CC(=O)O)CC2)cc1. The molecule has 0 unspecified atom stereocenters. The minimum absolute atomic E-state index is 0.325. The summed E-state index contributed by atoms with van der Waals surface area (Å²) in [5, 5.41) is 8.82. The molecule has 0 atom stereocenters. The molecule has 0 amide bonds. The topological polar surface area (TPSA) is 43.8 Å². The number of anilines is 1. The summed E-state index contributed by atoms with van der Waals surface area (Å²) >= 11 is 0. The Morgan fingerprint density at radius 2 is 1.85 bits per heavy atom. The number of piperidine rings is 1. The van der Waals surface area contributed by atoms with Gasteiger partial charge in [-0.3, -0.25) is 9.69 Å². The second-order valence-electron chi connectivity index (χ2n) is 5.88. The third kappa shape index (κ3) is 4.23. The van der Waals surface area contributed by atoms with Crippen LogP contribution in [0.1, 0.15) is 24.8 Å². The Balaban J connectivity index is 1.81. The Kier molecular flexibility index (Phi) is 5.01. The van der Waals surface area contributed by atoms with E-state index in [1.807, 2.05) is 14.1 Å². The predicted molar refractivity (Wildman–Crippen MR) is 81.0 cm³/mol. The fourth-order valence-corrected chi connectivity index (χ4v) is 2.75. The van der Waals surface area contributed by atoms with Crippen molar-refractivity contribution in [1.82, 2.24) is 4.90 Å². The van der Waals surface area contributed by atoms with E-state index in [-0.39, 0.29) is 0 Å². The van der Waals surface area contributed by atoms with Crippen molar-refractivity contribution in [1.29, 1.82) is 0 Å². The molecule has 1 N–H and O–H groups in total. The van der Waals surface area contributed by atoms with Crippen LogP contribution < -0.4 is 4.90 Å². The van der Waals surface area contributed by atoms with Gasteiger partial charge in [0.25, 0.3) is 0 Å². The van der Waals surface area contributed by atoms with Gasteiger partial charge in [0, 0.05) is 32.7 Å². The van der Waals surface area contributed by atoms with Gasteiger partial charge >= 0.3 is 5.97 Å². The molecule has 2 rings (SSSR count). The van der Waals surface area contributed by atoms with E-state index in [2.05, 4.69) is 34.1 Å². The van der Waals surface area contributed by atoms with Crippen LogP contribution in [-0.2, 0) is 11.3 Å². The maximum absolute atomic E-state index is 10.7. The number of carboxylic acid groups (broad SMARTS) is 1. The summed E-state index contributed by atoms with van der Waals surface area (Å²) in [7, 11) is 4.09. The van der Waals surface area contributed by atoms with Crippen LogP contribution in [0.4, 0.5) is 5.69 Å². The summed E-state index contributed by atoms with van der Waals surface area (Å²) < 4.78 is 0. The summed E-state index contributed by atoms with van der Waals surface area (Å²) in [4.78, 5) is 15.2. The molecular weight excluding hydrogens is 252 g/mol. The van der Waals surface area contributed by atoms with Crippen molar-refractivity contribution in [3.63, 3.8) is 0 Å². The first-order valence-corrected chi connectivity index (χ1v) is 7.25. The Hall–Kier alpha value is -1.55. The van der Waals surface area contributed by atoms with E-state index >= 15 is 0 Å². The first-order chi connectivity index (χ1) is 9.54. The quantitative estimate of drug-likeness (QED) is 0.897. The third-order valence-corrected chi connectivity index (χ3v) is 4.03. The Morgan fingerprint density at radius 1 is 1.25 bits per heavy atom. The van der Waals surface area contributed by atoms with Gasteiger partial charge in [0.1, 0.15) is 0 Å². The molecule has 1 aromatic rings. The zero-order chi connectivity index (χ0) is 14.5. The highest BCUT2D eigenvalue weighted by Gasteiger charge is 2.21. The van der Waals surface area contributed by atoms with Crippen molar-refractivity contribution in [3.8, 4) is 0 Å². The largest absolute Gasteiger partial charge is 0.481 e. The van der Waals surface area contributed by atoms with Crippen LogP contribution in [0.3, 0.4) is 0 Å². The van der Waals surface area contributed by atoms with Gasteiger partial charge in [0.05, 0.1) is 0 Å². The average molecular weight is 276 g/mol. The molecule has 1 fully saturated rings. The molecule has 0 radical (unpaired) electrons. The highest BCUT2D eigenvalue weighted by Crippen LogP contribution is 2.22. The standard InChI is InChI=1S/C16H24N2O2/c1-17(2)15-5-3-14(4-6-15)12-18-9-7-13(8-10-18)11-16(19)20/h3-6,13H,7-12H2,1-2H3,(H,19,20). The second-order valence-corrected chi connectivity index (χ2v) is 5.88. The molecule has 1 aromatic carbocycles. The normalized spacial score (nSPS) is 17.1. The number of hydrogen-bond donors (Lipinski definition) is 1. The number of hydrogen-bond acceptors (Lipinski definition) is 3. The van der Waals surface area contributed by atoms with E-state index < -0.39 is 5.97 Å². The number of carbonyl (C=O) groups is 1. The van der Waals surface area contributed by atoms with E-state index in [1.54, 1.807) is 0 Å². The van der Waals surface area contributed by atoms with Crippen LogP contribution in [0.5, 0.6) is 0 Å². The minimum atomic E-state index is -0.664. The Labute approximate surface area is 121 Å². The average Bonchev–Trinajstić information content (AvgIpc) is 2.41. The van der Waals surface area contributed by atoms with Crippen LogP contribution in [0, 0.1) is 5.92 Å². The highest BCUT2D eigenvalue weighted by molar-refractivity contribution is 5.67. The molecule has 1 aliphatic heterocycles. The molecule has 4 heteroatoms. The first kappa shape index (κ1) is 14.9. The first-order valence-electron chi connectivity index (χ1n) is 7.25. The van der Waals surface area contributed by atoms with E-state index in [9.17, 15) is 4.79 Å². The number of benzene rings is 1. The van der Waals surface area contributed by atoms with Crippen molar-refractivity contribution >= 4 is 11.7 Å². The van der Waals surface area contributed by atoms with Crippen molar-refractivity contribution in [2.45, 2.75) is 25.8 Å². The van der Waals surface area contributed by atoms with Crippen molar-refractivity contribution < 1.29 is 9.90 Å². The fourth-order valence-electron chi connectivity index (χ4n) is 2.75.